The van der Waals surface area contributed by atoms with Crippen molar-refractivity contribution < 1.29 is 13.9 Å². The fraction of sp³-hybridized carbons (Fsp3) is 0.294. The summed E-state index contributed by atoms with van der Waals surface area (Å²) in [5, 5.41) is 11.7. The number of aromatic nitrogens is 2. The number of anilines is 1. The molecule has 7 nitrogen and oxygen atoms in total. The van der Waals surface area contributed by atoms with Gasteiger partial charge in [0.05, 0.1) is 12.7 Å². The Bertz CT molecular complexity index is 984. The molecule has 0 unspecified atom stereocenters. The van der Waals surface area contributed by atoms with E-state index in [9.17, 15) is 9.59 Å². The van der Waals surface area contributed by atoms with Crippen LogP contribution in [0.2, 0.25) is 0 Å². The molecule has 1 amide bonds. The molecule has 9 heteroatoms. The number of methoxy groups -OCH3 is 1. The summed E-state index contributed by atoms with van der Waals surface area (Å²) >= 11 is 2.92. The van der Waals surface area contributed by atoms with Crippen molar-refractivity contribution in [2.45, 2.75) is 24.1 Å². The smallest absolute Gasteiger partial charge is 0.337 e. The highest BCUT2D eigenvalue weighted by molar-refractivity contribution is 8.01. The Labute approximate surface area is 157 Å². The number of nitrogens with zero attached hydrogens (tertiary/aromatic N) is 2. The standard InChI is InChI=1S/C17H17N3O4S2/c1-3-4-7-25-17-20-19-16(26-17)18-15(22)12-9-14(21)24-13-8-10(23-2)5-6-11(12)13/h5-6,8-9H,3-4,7H2,1-2H3,(H,18,19,22). The van der Waals surface area contributed by atoms with Gasteiger partial charge in [-0.05, 0) is 18.6 Å². The monoisotopic (exact) mass is 391 g/mol. The maximum absolute atomic E-state index is 12.6. The molecule has 0 bridgehead atoms. The molecule has 0 radical (unpaired) electrons. The Morgan fingerprint density at radius 2 is 2.19 bits per heavy atom. The van der Waals surface area contributed by atoms with Gasteiger partial charge in [-0.1, -0.05) is 36.4 Å². The van der Waals surface area contributed by atoms with Crippen molar-refractivity contribution in [3.63, 3.8) is 0 Å². The van der Waals surface area contributed by atoms with Gasteiger partial charge in [-0.2, -0.15) is 0 Å². The average Bonchev–Trinajstić information content (AvgIpc) is 3.07. The minimum Gasteiger partial charge on any atom is -0.497 e. The van der Waals surface area contributed by atoms with E-state index in [1.165, 1.54) is 24.5 Å². The zero-order chi connectivity index (χ0) is 18.5. The molecule has 0 fully saturated rings. The van der Waals surface area contributed by atoms with Gasteiger partial charge in [0, 0.05) is 23.3 Å². The van der Waals surface area contributed by atoms with Crippen LogP contribution in [0.3, 0.4) is 0 Å². The molecule has 0 aliphatic heterocycles. The lowest BCUT2D eigenvalue weighted by Gasteiger charge is -2.06. The summed E-state index contributed by atoms with van der Waals surface area (Å²) in [5.41, 5.74) is -0.103. The van der Waals surface area contributed by atoms with Gasteiger partial charge in [-0.15, -0.1) is 10.2 Å². The van der Waals surface area contributed by atoms with Gasteiger partial charge < -0.3 is 9.15 Å². The first-order valence-corrected chi connectivity index (χ1v) is 9.80. The van der Waals surface area contributed by atoms with E-state index in [-0.39, 0.29) is 11.1 Å². The van der Waals surface area contributed by atoms with Crippen molar-refractivity contribution in [2.75, 3.05) is 18.2 Å². The van der Waals surface area contributed by atoms with Crippen molar-refractivity contribution in [3.05, 3.63) is 40.2 Å². The van der Waals surface area contributed by atoms with E-state index in [2.05, 4.69) is 22.4 Å². The average molecular weight is 391 g/mol. The molecule has 0 saturated heterocycles. The number of rotatable bonds is 7. The van der Waals surface area contributed by atoms with Crippen LogP contribution in [0.4, 0.5) is 5.13 Å². The molecule has 0 atom stereocenters. The summed E-state index contributed by atoms with van der Waals surface area (Å²) in [4.78, 5) is 24.4. The number of carbonyl (C=O) groups excluding carboxylic acids is 1. The molecule has 2 aromatic heterocycles. The van der Waals surface area contributed by atoms with E-state index >= 15 is 0 Å². The van der Waals surface area contributed by atoms with E-state index in [0.717, 1.165) is 22.9 Å². The normalized spacial score (nSPS) is 10.8. The number of ether oxygens (including phenoxy) is 1. The summed E-state index contributed by atoms with van der Waals surface area (Å²) in [6.45, 7) is 2.13. The summed E-state index contributed by atoms with van der Waals surface area (Å²) in [6, 6.07) is 6.12. The molecule has 0 spiro atoms. The fourth-order valence-corrected chi connectivity index (χ4v) is 4.15. The Morgan fingerprint density at radius 3 is 2.96 bits per heavy atom. The summed E-state index contributed by atoms with van der Waals surface area (Å²) in [7, 11) is 1.52. The molecule has 1 N–H and O–H groups in total. The van der Waals surface area contributed by atoms with E-state index in [0.29, 0.717) is 16.3 Å². The van der Waals surface area contributed by atoms with Gasteiger partial charge in [0.2, 0.25) is 5.13 Å². The van der Waals surface area contributed by atoms with Gasteiger partial charge in [0.15, 0.2) is 4.34 Å². The van der Waals surface area contributed by atoms with E-state index < -0.39 is 11.5 Å². The SMILES string of the molecule is CCCCSc1nnc(NC(=O)c2cc(=O)oc3cc(OC)ccc23)s1. The molecule has 1 aromatic carbocycles. The molecule has 26 heavy (non-hydrogen) atoms. The van der Waals surface area contributed by atoms with Crippen LogP contribution >= 0.6 is 23.1 Å². The van der Waals surface area contributed by atoms with Crippen LogP contribution in [0.25, 0.3) is 11.0 Å². The number of thioether (sulfide) groups is 1. The largest absolute Gasteiger partial charge is 0.497 e. The molecule has 3 aromatic rings. The topological polar surface area (TPSA) is 94.3 Å². The van der Waals surface area contributed by atoms with Gasteiger partial charge in [0.25, 0.3) is 5.91 Å². The Morgan fingerprint density at radius 1 is 1.35 bits per heavy atom. The van der Waals surface area contributed by atoms with Crippen LogP contribution in [0.1, 0.15) is 30.1 Å². The third kappa shape index (κ3) is 4.23. The quantitative estimate of drug-likeness (QED) is 0.283. The molecule has 136 valence electrons. The van der Waals surface area contributed by atoms with Crippen molar-refractivity contribution in [3.8, 4) is 5.75 Å². The molecule has 0 aliphatic rings. The molecule has 2 heterocycles. The first kappa shape index (κ1) is 18.4. The predicted octanol–water partition coefficient (Wildman–Crippen LogP) is 3.80. The van der Waals surface area contributed by atoms with Crippen LogP contribution in [0.15, 0.2) is 37.8 Å². The second kappa shape index (κ2) is 8.33. The van der Waals surface area contributed by atoms with Crippen molar-refractivity contribution in [1.29, 1.82) is 0 Å². The van der Waals surface area contributed by atoms with E-state index in [4.69, 9.17) is 9.15 Å². The number of hydrogen-bond acceptors (Lipinski definition) is 8. The fourth-order valence-electron chi connectivity index (χ4n) is 2.24. The highest BCUT2D eigenvalue weighted by Crippen LogP contribution is 2.27. The molecule has 3 rings (SSSR count). The van der Waals surface area contributed by atoms with Crippen LogP contribution in [-0.2, 0) is 0 Å². The van der Waals surface area contributed by atoms with Gasteiger partial charge >= 0.3 is 5.63 Å². The minimum absolute atomic E-state index is 0.217. The van der Waals surface area contributed by atoms with Crippen molar-refractivity contribution in [2.24, 2.45) is 0 Å². The third-order valence-electron chi connectivity index (χ3n) is 3.55. The molecule has 0 aliphatic carbocycles. The maximum atomic E-state index is 12.6. The third-order valence-corrected chi connectivity index (χ3v) is 5.60. The number of amides is 1. The van der Waals surface area contributed by atoms with Gasteiger partial charge in [-0.3, -0.25) is 10.1 Å². The van der Waals surface area contributed by atoms with Gasteiger partial charge in [0.1, 0.15) is 11.3 Å². The summed E-state index contributed by atoms with van der Waals surface area (Å²) in [5.74, 6) is 1.07. The lowest BCUT2D eigenvalue weighted by atomic mass is 10.1. The number of carbonyl (C=O) groups is 1. The van der Waals surface area contributed by atoms with Crippen LogP contribution < -0.4 is 15.7 Å². The zero-order valence-corrected chi connectivity index (χ0v) is 15.9. The second-order valence-electron chi connectivity index (χ2n) is 5.37. The highest BCUT2D eigenvalue weighted by Gasteiger charge is 2.16. The second-order valence-corrected chi connectivity index (χ2v) is 7.69. The van der Waals surface area contributed by atoms with Crippen molar-refractivity contribution >= 4 is 45.1 Å². The molecular formula is C17H17N3O4S2. The number of hydrogen-bond donors (Lipinski definition) is 1. The van der Waals surface area contributed by atoms with E-state index in [1.54, 1.807) is 30.0 Å². The summed E-state index contributed by atoms with van der Waals surface area (Å²) < 4.78 is 11.1. The number of nitrogens with one attached hydrogen (secondary N) is 1. The zero-order valence-electron chi connectivity index (χ0n) is 14.3. The van der Waals surface area contributed by atoms with E-state index in [1.807, 2.05) is 0 Å². The number of benzene rings is 1. The predicted molar refractivity (Wildman–Crippen MR) is 103 cm³/mol. The molecular weight excluding hydrogens is 374 g/mol. The first-order chi connectivity index (χ1) is 12.6. The van der Waals surface area contributed by atoms with Crippen LogP contribution in [-0.4, -0.2) is 29.0 Å². The maximum Gasteiger partial charge on any atom is 0.337 e. The lowest BCUT2D eigenvalue weighted by Crippen LogP contribution is -2.15. The highest BCUT2D eigenvalue weighted by atomic mass is 32.2. The lowest BCUT2D eigenvalue weighted by molar-refractivity contribution is 0.102. The number of fused-ring (bicyclic) bond motifs is 1. The minimum atomic E-state index is -0.607. The molecule has 0 saturated carbocycles. The first-order valence-electron chi connectivity index (χ1n) is 8.00. The Hall–Kier alpha value is -2.39. The summed E-state index contributed by atoms with van der Waals surface area (Å²) in [6.07, 6.45) is 2.21. The Kier molecular flexibility index (Phi) is 5.89. The van der Waals surface area contributed by atoms with Gasteiger partial charge in [-0.25, -0.2) is 4.79 Å². The number of unbranched alkanes of at least 4 members (excludes halogenated alkanes) is 1. The van der Waals surface area contributed by atoms with Crippen LogP contribution in [0.5, 0.6) is 5.75 Å². The Balaban J connectivity index is 1.83. The van der Waals surface area contributed by atoms with Crippen LogP contribution in [0, 0.1) is 0 Å². The van der Waals surface area contributed by atoms with Crippen molar-refractivity contribution in [1.82, 2.24) is 10.2 Å².